The summed E-state index contributed by atoms with van der Waals surface area (Å²) in [5, 5.41) is 14.2. The zero-order valence-electron chi connectivity index (χ0n) is 11.4. The molecule has 0 aliphatic heterocycles. The number of benzene rings is 1. The smallest absolute Gasteiger partial charge is 0.352 e. The number of hydrogen-bond donors (Lipinski definition) is 1. The molecule has 0 spiro atoms. The molecule has 21 heavy (non-hydrogen) atoms. The van der Waals surface area contributed by atoms with Crippen LogP contribution in [0.1, 0.15) is 21.9 Å². The number of hydrogen-bond acceptors (Lipinski definition) is 4. The van der Waals surface area contributed by atoms with Gasteiger partial charge >= 0.3 is 5.97 Å². The van der Waals surface area contributed by atoms with Gasteiger partial charge in [-0.3, -0.25) is 0 Å². The van der Waals surface area contributed by atoms with E-state index in [9.17, 15) is 9.90 Å². The molecule has 0 aliphatic carbocycles. The van der Waals surface area contributed by atoms with Crippen molar-refractivity contribution >= 4 is 16.9 Å². The minimum absolute atomic E-state index is 0.229. The van der Waals surface area contributed by atoms with Crippen LogP contribution in [-0.2, 0) is 17.9 Å². The summed E-state index contributed by atoms with van der Waals surface area (Å²) in [4.78, 5) is 11.4. The van der Waals surface area contributed by atoms with E-state index < -0.39 is 5.97 Å². The molecule has 1 aromatic carbocycles. The first-order chi connectivity index (χ1) is 10.2. The van der Waals surface area contributed by atoms with Gasteiger partial charge in [0, 0.05) is 24.1 Å². The van der Waals surface area contributed by atoms with Gasteiger partial charge in [-0.1, -0.05) is 23.4 Å². The summed E-state index contributed by atoms with van der Waals surface area (Å²) in [6.45, 7) is 0.674. The summed E-state index contributed by atoms with van der Waals surface area (Å²) < 4.78 is 11.8. The molecular formula is C15H14N2O4. The minimum atomic E-state index is -0.966. The minimum Gasteiger partial charge on any atom is -0.477 e. The number of carboxylic acids is 1. The van der Waals surface area contributed by atoms with E-state index in [1.807, 2.05) is 24.3 Å². The monoisotopic (exact) mass is 286 g/mol. The first-order valence-electron chi connectivity index (χ1n) is 6.44. The second kappa shape index (κ2) is 5.41. The molecule has 0 radical (unpaired) electrons. The van der Waals surface area contributed by atoms with Crippen molar-refractivity contribution in [3.05, 3.63) is 53.5 Å². The standard InChI is InChI=1S/C15H14N2O4/c1-20-9-12-7-11(16-21-12)8-17-13-5-3-2-4-10(13)6-14(17)15(18)19/h2-7H,8-9H2,1H3,(H,18,19). The number of carbonyl (C=O) groups is 1. The normalized spacial score (nSPS) is 11.1. The summed E-state index contributed by atoms with van der Waals surface area (Å²) in [5.74, 6) is -0.354. The molecule has 3 rings (SSSR count). The lowest BCUT2D eigenvalue weighted by molar-refractivity contribution is 0.0686. The van der Waals surface area contributed by atoms with Gasteiger partial charge in [0.2, 0.25) is 0 Å². The van der Waals surface area contributed by atoms with Crippen LogP contribution in [0.5, 0.6) is 0 Å². The lowest BCUT2D eigenvalue weighted by atomic mass is 10.2. The molecule has 0 amide bonds. The number of aromatic carboxylic acids is 1. The average Bonchev–Trinajstić information content (AvgIpc) is 3.05. The number of aromatic nitrogens is 2. The SMILES string of the molecule is COCc1cc(Cn2c(C(=O)O)cc3ccccc32)no1. The fraction of sp³-hybridized carbons (Fsp3) is 0.200. The summed E-state index contributed by atoms with van der Waals surface area (Å²) in [7, 11) is 1.57. The van der Waals surface area contributed by atoms with Crippen molar-refractivity contribution in [3.8, 4) is 0 Å². The Hall–Kier alpha value is -2.60. The molecule has 0 unspecified atom stereocenters. The van der Waals surface area contributed by atoms with Crippen LogP contribution in [0.25, 0.3) is 10.9 Å². The first-order valence-corrected chi connectivity index (χ1v) is 6.44. The van der Waals surface area contributed by atoms with Crippen molar-refractivity contribution < 1.29 is 19.2 Å². The Labute approximate surface area is 120 Å². The highest BCUT2D eigenvalue weighted by molar-refractivity contribution is 5.94. The third-order valence-corrected chi connectivity index (χ3v) is 3.24. The lowest BCUT2D eigenvalue weighted by Crippen LogP contribution is -2.09. The summed E-state index contributed by atoms with van der Waals surface area (Å²) in [6, 6.07) is 11.0. The van der Waals surface area contributed by atoms with Crippen molar-refractivity contribution in [2.75, 3.05) is 7.11 Å². The van der Waals surface area contributed by atoms with Crippen LogP contribution in [0, 0.1) is 0 Å². The third kappa shape index (κ3) is 2.53. The van der Waals surface area contributed by atoms with Crippen molar-refractivity contribution in [1.82, 2.24) is 9.72 Å². The van der Waals surface area contributed by atoms with Gasteiger partial charge in [-0.15, -0.1) is 0 Å². The number of para-hydroxylation sites is 1. The van der Waals surface area contributed by atoms with Gasteiger partial charge in [0.15, 0.2) is 5.76 Å². The van der Waals surface area contributed by atoms with E-state index in [0.717, 1.165) is 10.9 Å². The predicted octanol–water partition coefficient (Wildman–Crippen LogP) is 2.52. The molecule has 1 N–H and O–H groups in total. The lowest BCUT2D eigenvalue weighted by Gasteiger charge is -2.05. The second-order valence-corrected chi connectivity index (χ2v) is 4.70. The molecule has 0 bridgehead atoms. The average molecular weight is 286 g/mol. The maximum atomic E-state index is 11.4. The molecular weight excluding hydrogens is 272 g/mol. The number of rotatable bonds is 5. The zero-order chi connectivity index (χ0) is 14.8. The predicted molar refractivity (Wildman–Crippen MR) is 75.2 cm³/mol. The highest BCUT2D eigenvalue weighted by Crippen LogP contribution is 2.21. The van der Waals surface area contributed by atoms with Gasteiger partial charge < -0.3 is 18.9 Å². The van der Waals surface area contributed by atoms with Crippen molar-refractivity contribution in [2.24, 2.45) is 0 Å². The molecule has 2 heterocycles. The molecule has 6 heteroatoms. The maximum absolute atomic E-state index is 11.4. The van der Waals surface area contributed by atoms with E-state index in [1.54, 1.807) is 23.8 Å². The summed E-state index contributed by atoms with van der Waals surface area (Å²) in [6.07, 6.45) is 0. The Morgan fingerprint density at radius 2 is 2.19 bits per heavy atom. The van der Waals surface area contributed by atoms with E-state index in [-0.39, 0.29) is 5.69 Å². The van der Waals surface area contributed by atoms with Crippen molar-refractivity contribution in [3.63, 3.8) is 0 Å². The molecule has 108 valence electrons. The van der Waals surface area contributed by atoms with Crippen LogP contribution in [0.2, 0.25) is 0 Å². The van der Waals surface area contributed by atoms with E-state index >= 15 is 0 Å². The van der Waals surface area contributed by atoms with Gasteiger partial charge in [-0.05, 0) is 12.1 Å². The first kappa shape index (κ1) is 13.4. The fourth-order valence-electron chi connectivity index (χ4n) is 2.36. The van der Waals surface area contributed by atoms with E-state index in [0.29, 0.717) is 24.6 Å². The van der Waals surface area contributed by atoms with Crippen molar-refractivity contribution in [2.45, 2.75) is 13.2 Å². The Balaban J connectivity index is 2.01. The van der Waals surface area contributed by atoms with Gasteiger partial charge in [0.05, 0.1) is 6.54 Å². The Bertz CT molecular complexity index is 788. The summed E-state index contributed by atoms with van der Waals surface area (Å²) in [5.41, 5.74) is 1.74. The Morgan fingerprint density at radius 1 is 1.38 bits per heavy atom. The molecule has 3 aromatic rings. The van der Waals surface area contributed by atoms with E-state index in [4.69, 9.17) is 9.26 Å². The van der Waals surface area contributed by atoms with Gasteiger partial charge in [0.1, 0.15) is 18.0 Å². The number of ether oxygens (including phenoxy) is 1. The second-order valence-electron chi connectivity index (χ2n) is 4.70. The Kier molecular flexibility index (Phi) is 3.45. The van der Waals surface area contributed by atoms with Crippen LogP contribution in [-0.4, -0.2) is 27.9 Å². The van der Waals surface area contributed by atoms with Crippen LogP contribution in [0.4, 0.5) is 0 Å². The maximum Gasteiger partial charge on any atom is 0.352 e. The van der Waals surface area contributed by atoms with E-state index in [1.165, 1.54) is 0 Å². The molecule has 6 nitrogen and oxygen atoms in total. The largest absolute Gasteiger partial charge is 0.477 e. The van der Waals surface area contributed by atoms with E-state index in [2.05, 4.69) is 5.16 Å². The topological polar surface area (TPSA) is 77.5 Å². The zero-order valence-corrected chi connectivity index (χ0v) is 11.4. The number of fused-ring (bicyclic) bond motifs is 1. The number of methoxy groups -OCH3 is 1. The third-order valence-electron chi connectivity index (χ3n) is 3.24. The molecule has 0 aliphatic rings. The van der Waals surface area contributed by atoms with Crippen LogP contribution in [0.15, 0.2) is 40.9 Å². The van der Waals surface area contributed by atoms with Crippen LogP contribution in [0.3, 0.4) is 0 Å². The molecule has 2 aromatic heterocycles. The molecule has 0 atom stereocenters. The highest BCUT2D eigenvalue weighted by atomic mass is 16.5. The summed E-state index contributed by atoms with van der Waals surface area (Å²) >= 11 is 0. The Morgan fingerprint density at radius 3 is 2.95 bits per heavy atom. The van der Waals surface area contributed by atoms with Crippen molar-refractivity contribution in [1.29, 1.82) is 0 Å². The van der Waals surface area contributed by atoms with Crippen LogP contribution >= 0.6 is 0 Å². The number of carboxylic acid groups (broad SMARTS) is 1. The van der Waals surface area contributed by atoms with Gasteiger partial charge in [-0.25, -0.2) is 4.79 Å². The molecule has 0 saturated heterocycles. The number of nitrogens with zero attached hydrogens (tertiary/aromatic N) is 2. The van der Waals surface area contributed by atoms with Crippen LogP contribution < -0.4 is 0 Å². The van der Waals surface area contributed by atoms with Gasteiger partial charge in [0.25, 0.3) is 0 Å². The molecule has 0 saturated carbocycles. The molecule has 0 fully saturated rings. The highest BCUT2D eigenvalue weighted by Gasteiger charge is 2.16. The van der Waals surface area contributed by atoms with Gasteiger partial charge in [-0.2, -0.15) is 0 Å². The quantitative estimate of drug-likeness (QED) is 0.779. The fourth-order valence-corrected chi connectivity index (χ4v) is 2.36.